The number of nitrogens with zero attached hydrogens (tertiary/aromatic N) is 3. The van der Waals surface area contributed by atoms with Gasteiger partial charge in [0.1, 0.15) is 5.82 Å². The van der Waals surface area contributed by atoms with E-state index in [1.54, 1.807) is 12.3 Å². The van der Waals surface area contributed by atoms with Gasteiger partial charge < -0.3 is 9.88 Å². The van der Waals surface area contributed by atoms with Crippen LogP contribution in [0.1, 0.15) is 5.56 Å². The molecule has 25 heavy (non-hydrogen) atoms. The maximum absolute atomic E-state index is 13.4. The van der Waals surface area contributed by atoms with Crippen molar-refractivity contribution in [1.82, 2.24) is 14.5 Å². The first-order chi connectivity index (χ1) is 12.2. The topological polar surface area (TPSA) is 42.7 Å². The van der Waals surface area contributed by atoms with Crippen LogP contribution in [-0.4, -0.2) is 14.5 Å². The Balaban J connectivity index is 1.57. The third kappa shape index (κ3) is 3.08. The van der Waals surface area contributed by atoms with Gasteiger partial charge in [0.15, 0.2) is 0 Å². The van der Waals surface area contributed by atoms with E-state index in [-0.39, 0.29) is 5.82 Å². The monoisotopic (exact) mass is 332 g/mol. The Bertz CT molecular complexity index is 1020. The van der Waals surface area contributed by atoms with Crippen LogP contribution in [0.4, 0.5) is 10.3 Å². The van der Waals surface area contributed by atoms with Gasteiger partial charge in [-0.3, -0.25) is 4.98 Å². The smallest absolute Gasteiger partial charge is 0.203 e. The zero-order chi connectivity index (χ0) is 17.2. The summed E-state index contributed by atoms with van der Waals surface area (Å²) < 4.78 is 15.3. The Labute approximate surface area is 145 Å². The van der Waals surface area contributed by atoms with Crippen molar-refractivity contribution in [2.45, 2.75) is 6.54 Å². The molecule has 0 spiro atoms. The number of pyridine rings is 1. The fourth-order valence-electron chi connectivity index (χ4n) is 2.90. The third-order valence-electron chi connectivity index (χ3n) is 4.22. The number of aryl methyl sites for hydroxylation is 1. The van der Waals surface area contributed by atoms with Crippen LogP contribution >= 0.6 is 0 Å². The van der Waals surface area contributed by atoms with Gasteiger partial charge in [-0.1, -0.05) is 24.3 Å². The first kappa shape index (κ1) is 15.3. The van der Waals surface area contributed by atoms with Gasteiger partial charge in [0, 0.05) is 26.0 Å². The number of aromatic nitrogens is 3. The van der Waals surface area contributed by atoms with E-state index in [9.17, 15) is 4.39 Å². The Morgan fingerprint density at radius 2 is 1.92 bits per heavy atom. The Hall–Kier alpha value is -3.21. The van der Waals surface area contributed by atoms with Gasteiger partial charge in [-0.25, -0.2) is 9.37 Å². The van der Waals surface area contributed by atoms with Gasteiger partial charge in [-0.05, 0) is 47.0 Å². The average Bonchev–Trinajstić information content (AvgIpc) is 2.96. The van der Waals surface area contributed by atoms with E-state index >= 15 is 0 Å². The molecule has 0 saturated carbocycles. The summed E-state index contributed by atoms with van der Waals surface area (Å²) in [5, 5.41) is 3.33. The number of anilines is 1. The van der Waals surface area contributed by atoms with Crippen molar-refractivity contribution in [3.05, 3.63) is 78.4 Å². The van der Waals surface area contributed by atoms with Crippen LogP contribution in [-0.2, 0) is 13.6 Å². The Morgan fingerprint density at radius 3 is 2.76 bits per heavy atom. The zero-order valence-electron chi connectivity index (χ0n) is 13.8. The summed E-state index contributed by atoms with van der Waals surface area (Å²) >= 11 is 0. The summed E-state index contributed by atoms with van der Waals surface area (Å²) in [7, 11) is 1.88. The van der Waals surface area contributed by atoms with Crippen LogP contribution in [0, 0.1) is 5.82 Å². The van der Waals surface area contributed by atoms with E-state index in [1.165, 1.54) is 12.1 Å². The number of rotatable bonds is 4. The average molecular weight is 332 g/mol. The number of imidazole rings is 1. The molecule has 0 saturated heterocycles. The van der Waals surface area contributed by atoms with Gasteiger partial charge in [0.05, 0.1) is 11.0 Å². The molecule has 2 aromatic heterocycles. The van der Waals surface area contributed by atoms with Crippen LogP contribution in [0.5, 0.6) is 0 Å². The minimum absolute atomic E-state index is 0.258. The molecule has 0 radical (unpaired) electrons. The molecule has 0 bridgehead atoms. The second-order valence-corrected chi connectivity index (χ2v) is 5.92. The summed E-state index contributed by atoms with van der Waals surface area (Å²) in [5.74, 6) is 0.457. The highest BCUT2D eigenvalue weighted by Crippen LogP contribution is 2.22. The normalized spacial score (nSPS) is 11.0. The SMILES string of the molecule is Cn1c(NCc2cccc(-c3cccnc3)c2)nc2ccc(F)cc21. The number of halogens is 1. The molecule has 124 valence electrons. The van der Waals surface area contributed by atoms with Gasteiger partial charge >= 0.3 is 0 Å². The molecule has 2 aromatic carbocycles. The molecule has 4 aromatic rings. The molecule has 0 atom stereocenters. The zero-order valence-corrected chi connectivity index (χ0v) is 13.8. The van der Waals surface area contributed by atoms with Crippen LogP contribution < -0.4 is 5.32 Å². The predicted octanol–water partition coefficient (Wildman–Crippen LogP) is 4.39. The lowest BCUT2D eigenvalue weighted by atomic mass is 10.0. The molecule has 4 rings (SSSR count). The van der Waals surface area contributed by atoms with Crippen molar-refractivity contribution in [3.63, 3.8) is 0 Å². The largest absolute Gasteiger partial charge is 0.352 e. The number of hydrogen-bond acceptors (Lipinski definition) is 3. The molecule has 2 heterocycles. The first-order valence-corrected chi connectivity index (χ1v) is 8.06. The second-order valence-electron chi connectivity index (χ2n) is 5.92. The Kier molecular flexibility index (Phi) is 3.90. The standard InChI is InChI=1S/C20H17FN4/c1-25-19-11-17(21)7-8-18(19)24-20(25)23-12-14-4-2-5-15(10-14)16-6-3-9-22-13-16/h2-11,13H,12H2,1H3,(H,23,24). The molecule has 1 N–H and O–H groups in total. The van der Waals surface area contributed by atoms with Gasteiger partial charge in [-0.15, -0.1) is 0 Å². The number of fused-ring (bicyclic) bond motifs is 1. The van der Waals surface area contributed by atoms with Crippen molar-refractivity contribution >= 4 is 17.0 Å². The summed E-state index contributed by atoms with van der Waals surface area (Å²) in [5.41, 5.74) is 4.89. The lowest BCUT2D eigenvalue weighted by molar-refractivity contribution is 0.629. The molecular weight excluding hydrogens is 315 g/mol. The highest BCUT2D eigenvalue weighted by molar-refractivity contribution is 5.78. The minimum atomic E-state index is -0.258. The van der Waals surface area contributed by atoms with Gasteiger partial charge in [0.2, 0.25) is 5.95 Å². The molecule has 4 nitrogen and oxygen atoms in total. The van der Waals surface area contributed by atoms with Crippen LogP contribution in [0.25, 0.3) is 22.2 Å². The summed E-state index contributed by atoms with van der Waals surface area (Å²) in [6, 6.07) is 16.9. The fourth-order valence-corrected chi connectivity index (χ4v) is 2.90. The van der Waals surface area contributed by atoms with Crippen LogP contribution in [0.2, 0.25) is 0 Å². The van der Waals surface area contributed by atoms with E-state index < -0.39 is 0 Å². The van der Waals surface area contributed by atoms with Gasteiger partial charge in [0.25, 0.3) is 0 Å². The maximum atomic E-state index is 13.4. The summed E-state index contributed by atoms with van der Waals surface area (Å²) in [4.78, 5) is 8.69. The van der Waals surface area contributed by atoms with E-state index in [1.807, 2.05) is 36.0 Å². The number of hydrogen-bond donors (Lipinski definition) is 1. The van der Waals surface area contributed by atoms with Crippen LogP contribution in [0.3, 0.4) is 0 Å². The molecule has 0 unspecified atom stereocenters. The fraction of sp³-hybridized carbons (Fsp3) is 0.100. The van der Waals surface area contributed by atoms with Crippen molar-refractivity contribution in [3.8, 4) is 11.1 Å². The third-order valence-corrected chi connectivity index (χ3v) is 4.22. The Morgan fingerprint density at radius 1 is 1.04 bits per heavy atom. The van der Waals surface area contributed by atoms with Crippen LogP contribution in [0.15, 0.2) is 67.0 Å². The highest BCUT2D eigenvalue weighted by atomic mass is 19.1. The van der Waals surface area contributed by atoms with E-state index in [2.05, 4.69) is 33.5 Å². The molecule has 0 aliphatic heterocycles. The molecule has 0 amide bonds. The quantitative estimate of drug-likeness (QED) is 0.603. The van der Waals surface area contributed by atoms with E-state index in [0.29, 0.717) is 12.5 Å². The van der Waals surface area contributed by atoms with Crippen molar-refractivity contribution < 1.29 is 4.39 Å². The van der Waals surface area contributed by atoms with Crippen molar-refractivity contribution in [2.24, 2.45) is 7.05 Å². The first-order valence-electron chi connectivity index (χ1n) is 8.06. The lowest BCUT2D eigenvalue weighted by Gasteiger charge is -2.08. The molecular formula is C20H17FN4. The van der Waals surface area contributed by atoms with E-state index in [0.717, 1.165) is 27.7 Å². The van der Waals surface area contributed by atoms with Crippen molar-refractivity contribution in [1.29, 1.82) is 0 Å². The lowest BCUT2D eigenvalue weighted by Crippen LogP contribution is -2.05. The molecule has 0 aliphatic rings. The molecule has 0 fully saturated rings. The number of benzene rings is 2. The van der Waals surface area contributed by atoms with Gasteiger partial charge in [-0.2, -0.15) is 0 Å². The minimum Gasteiger partial charge on any atom is -0.352 e. The second kappa shape index (κ2) is 6.36. The van der Waals surface area contributed by atoms with Crippen molar-refractivity contribution in [2.75, 3.05) is 5.32 Å². The highest BCUT2D eigenvalue weighted by Gasteiger charge is 2.08. The molecule has 5 heteroatoms. The molecule has 0 aliphatic carbocycles. The predicted molar refractivity (Wildman–Crippen MR) is 97.7 cm³/mol. The van der Waals surface area contributed by atoms with E-state index in [4.69, 9.17) is 0 Å². The number of nitrogens with one attached hydrogen (secondary N) is 1. The summed E-state index contributed by atoms with van der Waals surface area (Å²) in [6.45, 7) is 0.633. The summed E-state index contributed by atoms with van der Waals surface area (Å²) in [6.07, 6.45) is 3.62. The maximum Gasteiger partial charge on any atom is 0.203 e.